The lowest BCUT2D eigenvalue weighted by molar-refractivity contribution is -0.119. The molecule has 9 nitrogen and oxygen atoms in total. The van der Waals surface area contributed by atoms with Crippen molar-refractivity contribution in [2.75, 3.05) is 42.5 Å². The highest BCUT2D eigenvalue weighted by molar-refractivity contribution is 7.92. The van der Waals surface area contributed by atoms with Crippen LogP contribution in [0, 0.1) is 0 Å². The normalized spacial score (nSPS) is 21.4. The minimum Gasteiger partial charge on any atom is -0.495 e. The third-order valence-corrected chi connectivity index (χ3v) is 9.14. The van der Waals surface area contributed by atoms with Crippen LogP contribution in [0.15, 0.2) is 35.2 Å². The Kier molecular flexibility index (Phi) is 5.89. The van der Waals surface area contributed by atoms with E-state index in [0.29, 0.717) is 43.3 Å². The van der Waals surface area contributed by atoms with Gasteiger partial charge in [0.15, 0.2) is 15.7 Å². The Hall–Kier alpha value is -2.85. The summed E-state index contributed by atoms with van der Waals surface area (Å²) in [6, 6.07) is 8.35. The number of sulfone groups is 1. The van der Waals surface area contributed by atoms with Crippen molar-refractivity contribution in [3.05, 3.63) is 30.3 Å². The van der Waals surface area contributed by atoms with Crippen molar-refractivity contribution in [3.8, 4) is 5.75 Å². The van der Waals surface area contributed by atoms with E-state index in [0.717, 1.165) is 24.3 Å². The second-order valence-corrected chi connectivity index (χ2v) is 11.3. The van der Waals surface area contributed by atoms with E-state index in [1.807, 2.05) is 13.0 Å². The molecule has 1 saturated heterocycles. The summed E-state index contributed by atoms with van der Waals surface area (Å²) in [5.74, 6) is 1.83. The van der Waals surface area contributed by atoms with Gasteiger partial charge in [0.1, 0.15) is 17.6 Å². The zero-order chi connectivity index (χ0) is 24.0. The maximum absolute atomic E-state index is 12.9. The number of fused-ring (bicyclic) bond motifs is 1. The number of methoxy groups -OCH3 is 1. The third-order valence-electron chi connectivity index (χ3n) is 6.88. The Bertz CT molecular complexity index is 1210. The maximum Gasteiger partial charge on any atom is 0.249 e. The molecule has 3 aliphatic rings. The molecule has 182 valence electrons. The molecule has 0 spiro atoms. The number of aromatic nitrogens is 1. The molecule has 0 unspecified atom stereocenters. The summed E-state index contributed by atoms with van der Waals surface area (Å²) in [4.78, 5) is 21.9. The lowest BCUT2D eigenvalue weighted by atomic mass is 10.0. The van der Waals surface area contributed by atoms with Crippen molar-refractivity contribution < 1.29 is 22.7 Å². The van der Waals surface area contributed by atoms with Crippen LogP contribution >= 0.6 is 0 Å². The lowest BCUT2D eigenvalue weighted by Crippen LogP contribution is -2.56. The number of nitrogens with zero attached hydrogens (tertiary/aromatic N) is 3. The molecule has 1 atom stereocenters. The van der Waals surface area contributed by atoms with Gasteiger partial charge in [-0.3, -0.25) is 4.79 Å². The quantitative estimate of drug-likeness (QED) is 0.665. The number of ether oxygens (including phenoxy) is 2. The number of hydrogen-bond acceptors (Lipinski definition) is 8. The standard InChI is InChI=1S/C24H30N4O5S/c1-15-24(29)27(2)20-7-9-22(26-23(20)28(15)16-10-12-33-13-11-16)25-19-14-18(6-8-21(19)32-3)34(30,31)17-4-5-17/h6-9,14-17H,4-5,10-13H2,1-3H3,(H,25,26)/t15-/m1/s1. The molecule has 1 aliphatic carbocycles. The molecule has 0 radical (unpaired) electrons. The molecule has 34 heavy (non-hydrogen) atoms. The first-order valence-electron chi connectivity index (χ1n) is 11.6. The Morgan fingerprint density at radius 1 is 1.12 bits per heavy atom. The molecule has 0 bridgehead atoms. The fourth-order valence-corrected chi connectivity index (χ4v) is 6.47. The van der Waals surface area contributed by atoms with Crippen molar-refractivity contribution in [1.82, 2.24) is 4.98 Å². The van der Waals surface area contributed by atoms with E-state index >= 15 is 0 Å². The van der Waals surface area contributed by atoms with Crippen LogP contribution in [0.5, 0.6) is 5.75 Å². The van der Waals surface area contributed by atoms with Crippen molar-refractivity contribution in [1.29, 1.82) is 0 Å². The van der Waals surface area contributed by atoms with Crippen LogP contribution in [0.1, 0.15) is 32.6 Å². The van der Waals surface area contributed by atoms with E-state index in [1.165, 1.54) is 0 Å². The Labute approximate surface area is 200 Å². The molecular formula is C24H30N4O5S. The number of carbonyl (C=O) groups excluding carboxylic acids is 1. The summed E-state index contributed by atoms with van der Waals surface area (Å²) in [5.41, 5.74) is 1.28. The number of anilines is 4. The molecule has 1 amide bonds. The minimum absolute atomic E-state index is 0.0288. The summed E-state index contributed by atoms with van der Waals surface area (Å²) in [5, 5.41) is 2.96. The van der Waals surface area contributed by atoms with Gasteiger partial charge >= 0.3 is 0 Å². The smallest absolute Gasteiger partial charge is 0.249 e. The number of pyridine rings is 1. The van der Waals surface area contributed by atoms with E-state index in [4.69, 9.17) is 14.5 Å². The largest absolute Gasteiger partial charge is 0.495 e. The minimum atomic E-state index is -3.34. The number of benzene rings is 1. The van der Waals surface area contributed by atoms with Crippen LogP contribution in [-0.2, 0) is 19.4 Å². The average Bonchev–Trinajstić information content (AvgIpc) is 3.70. The topological polar surface area (TPSA) is 101 Å². The molecule has 2 aliphatic heterocycles. The van der Waals surface area contributed by atoms with Crippen LogP contribution in [0.2, 0.25) is 0 Å². The zero-order valence-electron chi connectivity index (χ0n) is 19.7. The molecule has 1 saturated carbocycles. The van der Waals surface area contributed by atoms with Gasteiger partial charge in [-0.25, -0.2) is 13.4 Å². The highest BCUT2D eigenvalue weighted by Crippen LogP contribution is 2.40. The van der Waals surface area contributed by atoms with E-state index in [2.05, 4.69) is 10.2 Å². The molecule has 2 aromatic rings. The van der Waals surface area contributed by atoms with Crippen molar-refractivity contribution in [2.45, 2.75) is 54.8 Å². The van der Waals surface area contributed by atoms with E-state index in [1.54, 1.807) is 43.3 Å². The van der Waals surface area contributed by atoms with E-state index in [-0.39, 0.29) is 28.1 Å². The van der Waals surface area contributed by atoms with Gasteiger partial charge in [-0.05, 0) is 62.9 Å². The van der Waals surface area contributed by atoms with Gasteiger partial charge in [0.25, 0.3) is 0 Å². The molecule has 1 aromatic carbocycles. The van der Waals surface area contributed by atoms with Gasteiger partial charge in [0.05, 0.1) is 28.6 Å². The van der Waals surface area contributed by atoms with Crippen molar-refractivity contribution >= 4 is 38.8 Å². The maximum atomic E-state index is 12.9. The molecule has 5 rings (SSSR count). The number of nitrogens with one attached hydrogen (secondary N) is 1. The summed E-state index contributed by atoms with van der Waals surface area (Å²) >= 11 is 0. The number of carbonyl (C=O) groups is 1. The van der Waals surface area contributed by atoms with Gasteiger partial charge in [-0.15, -0.1) is 0 Å². The summed E-state index contributed by atoms with van der Waals surface area (Å²) in [6.07, 6.45) is 3.07. The summed E-state index contributed by atoms with van der Waals surface area (Å²) < 4.78 is 36.6. The second-order valence-electron chi connectivity index (χ2n) is 9.09. The van der Waals surface area contributed by atoms with Crippen LogP contribution in [0.4, 0.5) is 23.0 Å². The number of hydrogen-bond donors (Lipinski definition) is 1. The first-order chi connectivity index (χ1) is 16.3. The van der Waals surface area contributed by atoms with Gasteiger partial charge in [-0.1, -0.05) is 0 Å². The van der Waals surface area contributed by atoms with Crippen molar-refractivity contribution in [3.63, 3.8) is 0 Å². The fourth-order valence-electron chi connectivity index (χ4n) is 4.79. The van der Waals surface area contributed by atoms with Gasteiger partial charge < -0.3 is 24.6 Å². The molecule has 10 heteroatoms. The monoisotopic (exact) mass is 486 g/mol. The van der Waals surface area contributed by atoms with E-state index in [9.17, 15) is 13.2 Å². The number of likely N-dealkylation sites (N-methyl/N-ethyl adjacent to an activating group) is 1. The van der Waals surface area contributed by atoms with Crippen molar-refractivity contribution in [2.24, 2.45) is 0 Å². The van der Waals surface area contributed by atoms with Gasteiger partial charge in [0.2, 0.25) is 5.91 Å². The molecule has 2 fully saturated rings. The highest BCUT2D eigenvalue weighted by Gasteiger charge is 2.39. The van der Waals surface area contributed by atoms with Crippen LogP contribution < -0.4 is 19.9 Å². The molecule has 1 aromatic heterocycles. The molecule has 3 heterocycles. The van der Waals surface area contributed by atoms with Crippen LogP contribution in [0.3, 0.4) is 0 Å². The predicted molar refractivity (Wildman–Crippen MR) is 130 cm³/mol. The van der Waals surface area contributed by atoms with E-state index < -0.39 is 9.84 Å². The Morgan fingerprint density at radius 3 is 2.53 bits per heavy atom. The SMILES string of the molecule is COc1ccc(S(=O)(=O)C2CC2)cc1Nc1ccc2c(n1)N(C1CCOCC1)[C@H](C)C(=O)N2C. The van der Waals surface area contributed by atoms with Gasteiger partial charge in [0, 0.05) is 26.3 Å². The number of rotatable bonds is 6. The van der Waals surface area contributed by atoms with Crippen LogP contribution in [-0.4, -0.2) is 64.0 Å². The highest BCUT2D eigenvalue weighted by atomic mass is 32.2. The molecular weight excluding hydrogens is 456 g/mol. The number of amides is 1. The zero-order valence-corrected chi connectivity index (χ0v) is 20.5. The first-order valence-corrected chi connectivity index (χ1v) is 13.2. The van der Waals surface area contributed by atoms with Gasteiger partial charge in [-0.2, -0.15) is 0 Å². The lowest BCUT2D eigenvalue weighted by Gasteiger charge is -2.44. The first kappa shape index (κ1) is 22.9. The second kappa shape index (κ2) is 8.74. The fraction of sp³-hybridized carbons (Fsp3) is 0.500. The summed E-state index contributed by atoms with van der Waals surface area (Å²) in [6.45, 7) is 3.23. The van der Waals surface area contributed by atoms with Crippen LogP contribution in [0.25, 0.3) is 0 Å². The third kappa shape index (κ3) is 3.98. The molecule has 1 N–H and O–H groups in total. The Morgan fingerprint density at radius 2 is 1.85 bits per heavy atom. The average molecular weight is 487 g/mol. The Balaban J connectivity index is 1.52. The predicted octanol–water partition coefficient (Wildman–Crippen LogP) is 3.12. The summed E-state index contributed by atoms with van der Waals surface area (Å²) in [7, 11) is -0.0306.